The number of anilines is 1. The molecule has 0 radical (unpaired) electrons. The molecule has 1 amide bonds. The molecule has 27 heavy (non-hydrogen) atoms. The van der Waals surface area contributed by atoms with Crippen molar-refractivity contribution in [2.24, 2.45) is 0 Å². The van der Waals surface area contributed by atoms with E-state index in [0.717, 1.165) is 17.0 Å². The molecule has 0 bridgehead atoms. The highest BCUT2D eigenvalue weighted by Crippen LogP contribution is 2.29. The van der Waals surface area contributed by atoms with Gasteiger partial charge in [-0.3, -0.25) is 4.79 Å². The molecule has 6 nitrogen and oxygen atoms in total. The van der Waals surface area contributed by atoms with Crippen LogP contribution in [0.25, 0.3) is 11.4 Å². The summed E-state index contributed by atoms with van der Waals surface area (Å²) in [5.41, 5.74) is 1.54. The maximum absolute atomic E-state index is 12.2. The topological polar surface area (TPSA) is 69.0 Å². The smallest absolute Gasteiger partial charge is 0.234 e. The van der Waals surface area contributed by atoms with E-state index in [-0.39, 0.29) is 11.7 Å². The first-order valence-electron chi connectivity index (χ1n) is 8.37. The Morgan fingerprint density at radius 3 is 2.59 bits per heavy atom. The van der Waals surface area contributed by atoms with E-state index in [2.05, 4.69) is 15.5 Å². The van der Waals surface area contributed by atoms with E-state index in [0.29, 0.717) is 22.5 Å². The highest BCUT2D eigenvalue weighted by molar-refractivity contribution is 7.99. The number of carbonyl (C=O) groups excluding carboxylic acids is 1. The minimum absolute atomic E-state index is 0.116. The fourth-order valence-corrected chi connectivity index (χ4v) is 3.55. The molecule has 1 heterocycles. The van der Waals surface area contributed by atoms with E-state index in [1.54, 1.807) is 31.4 Å². The maximum Gasteiger partial charge on any atom is 0.234 e. The minimum atomic E-state index is -0.116. The molecular formula is C19H19ClN4O2S. The predicted molar refractivity (Wildman–Crippen MR) is 108 cm³/mol. The summed E-state index contributed by atoms with van der Waals surface area (Å²) in [6.45, 7) is 2.68. The van der Waals surface area contributed by atoms with Crippen molar-refractivity contribution in [1.82, 2.24) is 14.8 Å². The van der Waals surface area contributed by atoms with Gasteiger partial charge < -0.3 is 14.6 Å². The van der Waals surface area contributed by atoms with Gasteiger partial charge in [-0.1, -0.05) is 35.5 Å². The van der Waals surface area contributed by atoms with Crippen molar-refractivity contribution >= 4 is 35.0 Å². The van der Waals surface area contributed by atoms with Crippen LogP contribution in [-0.2, 0) is 11.3 Å². The number of amides is 1. The number of halogens is 1. The number of methoxy groups -OCH3 is 1. The highest BCUT2D eigenvalue weighted by Gasteiger charge is 2.16. The Kier molecular flexibility index (Phi) is 6.36. The number of thioether (sulfide) groups is 1. The van der Waals surface area contributed by atoms with Gasteiger partial charge in [0.25, 0.3) is 0 Å². The summed E-state index contributed by atoms with van der Waals surface area (Å²) in [5.74, 6) is 1.55. The van der Waals surface area contributed by atoms with E-state index in [9.17, 15) is 4.79 Å². The average Bonchev–Trinajstić information content (AvgIpc) is 3.10. The number of hydrogen-bond donors (Lipinski definition) is 1. The van der Waals surface area contributed by atoms with Crippen molar-refractivity contribution in [3.8, 4) is 17.1 Å². The highest BCUT2D eigenvalue weighted by atomic mass is 35.5. The first kappa shape index (κ1) is 19.3. The van der Waals surface area contributed by atoms with Gasteiger partial charge in [0.15, 0.2) is 11.0 Å². The minimum Gasteiger partial charge on any atom is -0.497 e. The number of nitrogens with one attached hydrogen (secondary N) is 1. The summed E-state index contributed by atoms with van der Waals surface area (Å²) in [6, 6.07) is 14.7. The van der Waals surface area contributed by atoms with Gasteiger partial charge in [0.05, 0.1) is 17.9 Å². The molecule has 0 atom stereocenters. The Labute approximate surface area is 166 Å². The number of nitrogens with zero attached hydrogens (tertiary/aromatic N) is 3. The van der Waals surface area contributed by atoms with Crippen LogP contribution in [-0.4, -0.2) is 33.5 Å². The van der Waals surface area contributed by atoms with Crippen molar-refractivity contribution in [2.45, 2.75) is 18.6 Å². The number of ether oxygens (including phenoxy) is 1. The van der Waals surface area contributed by atoms with Gasteiger partial charge in [0, 0.05) is 17.8 Å². The molecule has 0 aliphatic rings. The number of carbonyl (C=O) groups is 1. The molecule has 0 spiro atoms. The summed E-state index contributed by atoms with van der Waals surface area (Å²) in [7, 11) is 1.60. The first-order valence-corrected chi connectivity index (χ1v) is 9.73. The van der Waals surface area contributed by atoms with Crippen LogP contribution in [0.5, 0.6) is 5.75 Å². The second-order valence-corrected chi connectivity index (χ2v) is 6.95. The van der Waals surface area contributed by atoms with Crippen LogP contribution in [0, 0.1) is 0 Å². The lowest BCUT2D eigenvalue weighted by atomic mass is 10.2. The summed E-state index contributed by atoms with van der Waals surface area (Å²) in [5, 5.41) is 12.6. The monoisotopic (exact) mass is 402 g/mol. The van der Waals surface area contributed by atoms with Crippen molar-refractivity contribution in [3.63, 3.8) is 0 Å². The lowest BCUT2D eigenvalue weighted by molar-refractivity contribution is -0.113. The molecule has 0 fully saturated rings. The average molecular weight is 403 g/mol. The fraction of sp³-hybridized carbons (Fsp3) is 0.211. The fourth-order valence-electron chi connectivity index (χ4n) is 2.52. The van der Waals surface area contributed by atoms with Crippen molar-refractivity contribution in [3.05, 3.63) is 53.6 Å². The van der Waals surface area contributed by atoms with Crippen molar-refractivity contribution < 1.29 is 9.53 Å². The van der Waals surface area contributed by atoms with Crippen LogP contribution in [0.3, 0.4) is 0 Å². The number of aromatic nitrogens is 3. The second kappa shape index (κ2) is 8.92. The van der Waals surface area contributed by atoms with Crippen LogP contribution in [0.1, 0.15) is 6.92 Å². The Morgan fingerprint density at radius 1 is 1.19 bits per heavy atom. The summed E-state index contributed by atoms with van der Waals surface area (Å²) >= 11 is 7.61. The standard InChI is InChI=1S/C19H19ClN4O2S/c1-3-24-18(15-6-4-5-7-16(15)20)22-23-19(24)27-12-17(25)21-13-8-10-14(26-2)11-9-13/h4-11H,3,12H2,1-2H3,(H,21,25). The molecule has 0 saturated carbocycles. The van der Waals surface area contributed by atoms with E-state index >= 15 is 0 Å². The number of hydrogen-bond acceptors (Lipinski definition) is 5. The molecule has 140 valence electrons. The molecule has 0 unspecified atom stereocenters. The Bertz CT molecular complexity index is 928. The normalized spacial score (nSPS) is 10.6. The quantitative estimate of drug-likeness (QED) is 0.594. The third-order valence-electron chi connectivity index (χ3n) is 3.85. The lowest BCUT2D eigenvalue weighted by Gasteiger charge is -2.09. The number of benzene rings is 2. The SMILES string of the molecule is CCn1c(SCC(=O)Nc2ccc(OC)cc2)nnc1-c1ccccc1Cl. The van der Waals surface area contributed by atoms with Crippen molar-refractivity contribution in [1.29, 1.82) is 0 Å². The molecule has 8 heteroatoms. The molecule has 1 aromatic heterocycles. The second-order valence-electron chi connectivity index (χ2n) is 5.60. The molecule has 3 rings (SSSR count). The largest absolute Gasteiger partial charge is 0.497 e. The summed E-state index contributed by atoms with van der Waals surface area (Å²) in [6.07, 6.45) is 0. The Morgan fingerprint density at radius 2 is 1.93 bits per heavy atom. The molecule has 0 aliphatic carbocycles. The molecule has 0 aliphatic heterocycles. The molecule has 3 aromatic rings. The lowest BCUT2D eigenvalue weighted by Crippen LogP contribution is -2.14. The zero-order chi connectivity index (χ0) is 19.2. The van der Waals surface area contributed by atoms with Crippen LogP contribution >= 0.6 is 23.4 Å². The Balaban J connectivity index is 1.67. The molecular weight excluding hydrogens is 384 g/mol. The van der Waals surface area contributed by atoms with E-state index in [1.807, 2.05) is 35.8 Å². The third kappa shape index (κ3) is 4.61. The van der Waals surface area contributed by atoms with Gasteiger partial charge >= 0.3 is 0 Å². The van der Waals surface area contributed by atoms with Crippen LogP contribution in [0.15, 0.2) is 53.7 Å². The predicted octanol–water partition coefficient (Wildman–Crippen LogP) is 4.36. The van der Waals surface area contributed by atoms with Crippen LogP contribution in [0.2, 0.25) is 5.02 Å². The van der Waals surface area contributed by atoms with Gasteiger partial charge in [-0.05, 0) is 43.3 Å². The molecule has 2 aromatic carbocycles. The van der Waals surface area contributed by atoms with E-state index in [1.165, 1.54) is 11.8 Å². The zero-order valence-corrected chi connectivity index (χ0v) is 16.5. The zero-order valence-electron chi connectivity index (χ0n) is 15.0. The summed E-state index contributed by atoms with van der Waals surface area (Å²) in [4.78, 5) is 12.2. The molecule has 0 saturated heterocycles. The van der Waals surface area contributed by atoms with Gasteiger partial charge in [-0.15, -0.1) is 10.2 Å². The van der Waals surface area contributed by atoms with Gasteiger partial charge in [-0.25, -0.2) is 0 Å². The van der Waals surface area contributed by atoms with Crippen LogP contribution < -0.4 is 10.1 Å². The third-order valence-corrected chi connectivity index (χ3v) is 5.15. The van der Waals surface area contributed by atoms with Gasteiger partial charge in [-0.2, -0.15) is 0 Å². The first-order chi connectivity index (χ1) is 13.1. The maximum atomic E-state index is 12.2. The van der Waals surface area contributed by atoms with E-state index < -0.39 is 0 Å². The Hall–Kier alpha value is -2.51. The van der Waals surface area contributed by atoms with E-state index in [4.69, 9.17) is 16.3 Å². The summed E-state index contributed by atoms with van der Waals surface area (Å²) < 4.78 is 7.06. The number of rotatable bonds is 7. The van der Waals surface area contributed by atoms with Gasteiger partial charge in [0.1, 0.15) is 5.75 Å². The van der Waals surface area contributed by atoms with Crippen LogP contribution in [0.4, 0.5) is 5.69 Å². The molecule has 1 N–H and O–H groups in total. The van der Waals surface area contributed by atoms with Crippen molar-refractivity contribution in [2.75, 3.05) is 18.2 Å². The van der Waals surface area contributed by atoms with Gasteiger partial charge in [0.2, 0.25) is 5.91 Å².